The number of esters is 1. The third-order valence-electron chi connectivity index (χ3n) is 6.44. The first kappa shape index (κ1) is 34.1. The summed E-state index contributed by atoms with van der Waals surface area (Å²) in [4.78, 5) is 34.4. The fourth-order valence-corrected chi connectivity index (χ4v) is 4.20. The maximum atomic E-state index is 12.4. The number of carbonyl (C=O) groups is 3. The van der Waals surface area contributed by atoms with Crippen LogP contribution in [0.2, 0.25) is 0 Å². The van der Waals surface area contributed by atoms with Crippen LogP contribution >= 0.6 is 0 Å². The molecule has 6 nitrogen and oxygen atoms in total. The number of allylic oxidation sites excluding steroid dienone is 2. The van der Waals surface area contributed by atoms with E-state index in [9.17, 15) is 14.4 Å². The minimum atomic E-state index is -1.02. The van der Waals surface area contributed by atoms with Gasteiger partial charge in [0.2, 0.25) is 5.91 Å². The van der Waals surface area contributed by atoms with Gasteiger partial charge in [0.15, 0.2) is 0 Å². The number of unbranched alkanes of at least 4 members (excludes halogenated alkanes) is 13. The molecule has 0 aliphatic rings. The van der Waals surface area contributed by atoms with Crippen molar-refractivity contribution in [1.82, 2.24) is 5.32 Å². The first-order valence-corrected chi connectivity index (χ1v) is 14.8. The Morgan fingerprint density at radius 1 is 0.694 bits per heavy atom. The summed E-state index contributed by atoms with van der Waals surface area (Å²) in [6.45, 7) is 4.10. The van der Waals surface area contributed by atoms with Crippen molar-refractivity contribution in [2.45, 2.75) is 155 Å². The van der Waals surface area contributed by atoms with Crippen LogP contribution < -0.4 is 5.32 Å². The van der Waals surface area contributed by atoms with E-state index in [4.69, 9.17) is 9.84 Å². The van der Waals surface area contributed by atoms with E-state index in [0.717, 1.165) is 57.8 Å². The molecule has 0 aromatic rings. The summed E-state index contributed by atoms with van der Waals surface area (Å²) in [6, 6.07) is 0. The fourth-order valence-electron chi connectivity index (χ4n) is 4.20. The normalized spacial score (nSPS) is 12.1. The van der Waals surface area contributed by atoms with Gasteiger partial charge in [-0.1, -0.05) is 90.2 Å². The Labute approximate surface area is 221 Å². The van der Waals surface area contributed by atoms with E-state index in [2.05, 4.69) is 31.3 Å². The largest absolute Gasteiger partial charge is 0.480 e. The van der Waals surface area contributed by atoms with Gasteiger partial charge in [0, 0.05) is 12.8 Å². The SMILES string of the molecule is CCCC/C=C\CCCCCCCC(=O)OC(CCCCCC)CCCCCCC(=O)NCC(=O)O. The molecule has 1 amide bonds. The van der Waals surface area contributed by atoms with Gasteiger partial charge in [0.25, 0.3) is 0 Å². The molecular weight excluding hydrogens is 454 g/mol. The number of rotatable bonds is 26. The second-order valence-corrected chi connectivity index (χ2v) is 10.0. The summed E-state index contributed by atoms with van der Waals surface area (Å²) in [5, 5.41) is 11.0. The van der Waals surface area contributed by atoms with Gasteiger partial charge in [-0.15, -0.1) is 0 Å². The van der Waals surface area contributed by atoms with E-state index in [1.807, 2.05) is 0 Å². The molecule has 0 saturated heterocycles. The summed E-state index contributed by atoms with van der Waals surface area (Å²) in [6.07, 6.45) is 26.2. The number of nitrogens with one attached hydrogen (secondary N) is 1. The van der Waals surface area contributed by atoms with Gasteiger partial charge in [-0.25, -0.2) is 0 Å². The molecule has 0 aliphatic heterocycles. The first-order valence-electron chi connectivity index (χ1n) is 14.8. The number of carboxylic acid groups (broad SMARTS) is 1. The minimum absolute atomic E-state index is 0.00715. The quantitative estimate of drug-likeness (QED) is 0.0702. The zero-order valence-electron chi connectivity index (χ0n) is 23.4. The van der Waals surface area contributed by atoms with Crippen molar-refractivity contribution in [1.29, 1.82) is 0 Å². The summed E-state index contributed by atoms with van der Waals surface area (Å²) in [5.74, 6) is -1.28. The number of carboxylic acids is 1. The van der Waals surface area contributed by atoms with Crippen LogP contribution in [0.5, 0.6) is 0 Å². The van der Waals surface area contributed by atoms with Crippen LogP contribution in [-0.2, 0) is 19.1 Å². The average molecular weight is 510 g/mol. The number of aliphatic carboxylic acids is 1. The smallest absolute Gasteiger partial charge is 0.322 e. The van der Waals surface area contributed by atoms with Gasteiger partial charge in [0.05, 0.1) is 0 Å². The highest BCUT2D eigenvalue weighted by Gasteiger charge is 2.14. The number of ether oxygens (including phenoxy) is 1. The Morgan fingerprint density at radius 2 is 1.22 bits per heavy atom. The molecule has 36 heavy (non-hydrogen) atoms. The van der Waals surface area contributed by atoms with Crippen LogP contribution in [0, 0.1) is 0 Å². The summed E-state index contributed by atoms with van der Waals surface area (Å²) in [5.41, 5.74) is 0. The molecule has 1 unspecified atom stereocenters. The number of hydrogen-bond donors (Lipinski definition) is 2. The summed E-state index contributed by atoms with van der Waals surface area (Å²) in [7, 11) is 0. The maximum absolute atomic E-state index is 12.4. The van der Waals surface area contributed by atoms with Gasteiger partial charge in [-0.3, -0.25) is 14.4 Å². The number of amides is 1. The molecule has 0 aromatic heterocycles. The molecule has 0 bridgehead atoms. The van der Waals surface area contributed by atoms with E-state index in [1.165, 1.54) is 64.2 Å². The van der Waals surface area contributed by atoms with E-state index >= 15 is 0 Å². The zero-order valence-corrected chi connectivity index (χ0v) is 23.4. The second kappa shape index (κ2) is 26.2. The van der Waals surface area contributed by atoms with Crippen molar-refractivity contribution in [2.24, 2.45) is 0 Å². The van der Waals surface area contributed by atoms with Gasteiger partial charge in [0.1, 0.15) is 12.6 Å². The average Bonchev–Trinajstić information content (AvgIpc) is 2.85. The van der Waals surface area contributed by atoms with Crippen LogP contribution in [0.1, 0.15) is 149 Å². The van der Waals surface area contributed by atoms with Gasteiger partial charge in [-0.05, 0) is 57.8 Å². The van der Waals surface area contributed by atoms with Crippen molar-refractivity contribution >= 4 is 17.8 Å². The van der Waals surface area contributed by atoms with Gasteiger partial charge >= 0.3 is 11.9 Å². The third kappa shape index (κ3) is 25.2. The molecule has 1 atom stereocenters. The lowest BCUT2D eigenvalue weighted by Crippen LogP contribution is -2.28. The number of carbonyl (C=O) groups excluding carboxylic acids is 2. The van der Waals surface area contributed by atoms with Crippen molar-refractivity contribution in [3.8, 4) is 0 Å². The molecule has 6 heteroatoms. The predicted molar refractivity (Wildman–Crippen MR) is 148 cm³/mol. The molecule has 0 radical (unpaired) electrons. The highest BCUT2D eigenvalue weighted by molar-refractivity contribution is 5.80. The fraction of sp³-hybridized carbons (Fsp3) is 0.833. The molecule has 0 heterocycles. The second-order valence-electron chi connectivity index (χ2n) is 10.0. The summed E-state index contributed by atoms with van der Waals surface area (Å²) < 4.78 is 5.85. The monoisotopic (exact) mass is 509 g/mol. The first-order chi connectivity index (χ1) is 17.5. The molecule has 0 spiro atoms. The Hall–Kier alpha value is -1.85. The van der Waals surface area contributed by atoms with Crippen molar-refractivity contribution < 1.29 is 24.2 Å². The summed E-state index contributed by atoms with van der Waals surface area (Å²) >= 11 is 0. The van der Waals surface area contributed by atoms with Crippen LogP contribution in [0.25, 0.3) is 0 Å². The van der Waals surface area contributed by atoms with Crippen LogP contribution in [0.15, 0.2) is 12.2 Å². The minimum Gasteiger partial charge on any atom is -0.480 e. The van der Waals surface area contributed by atoms with Crippen LogP contribution in [0.3, 0.4) is 0 Å². The molecule has 2 N–H and O–H groups in total. The highest BCUT2D eigenvalue weighted by Crippen LogP contribution is 2.17. The lowest BCUT2D eigenvalue weighted by Gasteiger charge is -2.18. The lowest BCUT2D eigenvalue weighted by molar-refractivity contribution is -0.150. The molecule has 0 rings (SSSR count). The topological polar surface area (TPSA) is 92.7 Å². The van der Waals surface area contributed by atoms with E-state index in [1.54, 1.807) is 0 Å². The molecule has 0 fully saturated rings. The van der Waals surface area contributed by atoms with Gasteiger partial charge in [-0.2, -0.15) is 0 Å². The number of hydrogen-bond acceptors (Lipinski definition) is 4. The third-order valence-corrected chi connectivity index (χ3v) is 6.44. The molecule has 0 saturated carbocycles. The molecular formula is C30H55NO5. The Balaban J connectivity index is 3.99. The van der Waals surface area contributed by atoms with Crippen molar-refractivity contribution in [2.75, 3.05) is 6.54 Å². The molecule has 210 valence electrons. The van der Waals surface area contributed by atoms with E-state index in [0.29, 0.717) is 12.8 Å². The van der Waals surface area contributed by atoms with E-state index in [-0.39, 0.29) is 24.5 Å². The van der Waals surface area contributed by atoms with Crippen LogP contribution in [0.4, 0.5) is 0 Å². The van der Waals surface area contributed by atoms with Crippen molar-refractivity contribution in [3.63, 3.8) is 0 Å². The standard InChI is InChI=1S/C30H55NO5/c1-3-5-7-9-10-11-12-13-14-15-21-25-30(35)36-27(22-18-8-6-4-2)23-19-16-17-20-24-28(32)31-26-29(33)34/h9-10,27H,3-8,11-26H2,1-2H3,(H,31,32)(H,33,34)/b10-9-. The predicted octanol–water partition coefficient (Wildman–Crippen LogP) is 7.89. The van der Waals surface area contributed by atoms with Crippen LogP contribution in [-0.4, -0.2) is 35.6 Å². The lowest BCUT2D eigenvalue weighted by atomic mass is 10.0. The Morgan fingerprint density at radius 3 is 1.86 bits per heavy atom. The molecule has 0 aliphatic carbocycles. The van der Waals surface area contributed by atoms with Gasteiger partial charge < -0.3 is 15.2 Å². The Bertz CT molecular complexity index is 576. The maximum Gasteiger partial charge on any atom is 0.322 e. The Kier molecular flexibility index (Phi) is 24.9. The van der Waals surface area contributed by atoms with Crippen molar-refractivity contribution in [3.05, 3.63) is 12.2 Å². The molecule has 0 aromatic carbocycles. The highest BCUT2D eigenvalue weighted by atomic mass is 16.5. The van der Waals surface area contributed by atoms with E-state index < -0.39 is 5.97 Å². The zero-order chi connectivity index (χ0) is 26.7.